The quantitative estimate of drug-likeness (QED) is 0.0772. The first-order valence-corrected chi connectivity index (χ1v) is 22.2. The second kappa shape index (κ2) is 23.3. The molecule has 0 bridgehead atoms. The number of nitrogens with zero attached hydrogens (tertiary/aromatic N) is 6. The van der Waals surface area contributed by atoms with Gasteiger partial charge in [-0.3, -0.25) is 9.59 Å². The average molecular weight is 875 g/mol. The molecule has 4 heterocycles. The van der Waals surface area contributed by atoms with E-state index >= 15 is 4.39 Å². The minimum atomic E-state index is -0.663. The van der Waals surface area contributed by atoms with Gasteiger partial charge in [0.15, 0.2) is 10.9 Å². The van der Waals surface area contributed by atoms with Crippen molar-refractivity contribution in [3.8, 4) is 17.1 Å². The number of hydrogen-bond donors (Lipinski definition) is 4. The summed E-state index contributed by atoms with van der Waals surface area (Å²) in [6.45, 7) is 13.5. The van der Waals surface area contributed by atoms with Crippen molar-refractivity contribution in [2.45, 2.75) is 45.4 Å². The third-order valence-electron chi connectivity index (χ3n) is 10.5. The summed E-state index contributed by atoms with van der Waals surface area (Å²) >= 11 is 7.77. The van der Waals surface area contributed by atoms with Crippen LogP contribution in [0.1, 0.15) is 45.4 Å². The van der Waals surface area contributed by atoms with E-state index in [0.717, 1.165) is 89.4 Å². The number of ether oxygens (including phenoxy) is 3. The molecule has 6 rings (SSSR count). The molecule has 60 heavy (non-hydrogen) atoms. The van der Waals surface area contributed by atoms with Crippen molar-refractivity contribution in [3.63, 3.8) is 0 Å². The SMILES string of the molecule is CCCCC(=O)NCCOCCNC(=O)CCOCCCN1CCN(CCCOc2nc(N3CCNCC3)c3cc(Cl)c(-c4ccc(F)c5sc(N)nc45)c(F)c3n2)CC1. The summed E-state index contributed by atoms with van der Waals surface area (Å²) in [5.41, 5.74) is 6.62. The van der Waals surface area contributed by atoms with Gasteiger partial charge >= 0.3 is 6.01 Å². The smallest absolute Gasteiger partial charge is 0.319 e. The van der Waals surface area contributed by atoms with E-state index in [2.05, 4.69) is 47.5 Å². The van der Waals surface area contributed by atoms with E-state index in [0.29, 0.717) is 88.8 Å². The Kier molecular flexibility index (Phi) is 17.6. The van der Waals surface area contributed by atoms with Crippen LogP contribution in [0, 0.1) is 11.6 Å². The van der Waals surface area contributed by atoms with Gasteiger partial charge in [0, 0.05) is 114 Å². The Bertz CT molecular complexity index is 2030. The van der Waals surface area contributed by atoms with Crippen LogP contribution in [-0.2, 0) is 19.1 Å². The Morgan fingerprint density at radius 1 is 0.850 bits per heavy atom. The molecule has 2 aliphatic rings. The number of thiazole rings is 1. The van der Waals surface area contributed by atoms with Crippen LogP contribution in [0.4, 0.5) is 19.7 Å². The maximum Gasteiger partial charge on any atom is 0.319 e. The average Bonchev–Trinajstić information content (AvgIpc) is 3.66. The Hall–Kier alpha value is -4.04. The number of anilines is 2. The Morgan fingerprint density at radius 3 is 2.22 bits per heavy atom. The lowest BCUT2D eigenvalue weighted by molar-refractivity contribution is -0.122. The largest absolute Gasteiger partial charge is 0.463 e. The molecular formula is C41H57ClF2N10O5S. The number of nitrogens with two attached hydrogens (primary N) is 1. The Labute approximate surface area is 358 Å². The van der Waals surface area contributed by atoms with Gasteiger partial charge in [-0.1, -0.05) is 36.3 Å². The third kappa shape index (κ3) is 12.7. The highest BCUT2D eigenvalue weighted by Gasteiger charge is 2.26. The van der Waals surface area contributed by atoms with Gasteiger partial charge in [0.2, 0.25) is 11.8 Å². The fourth-order valence-electron chi connectivity index (χ4n) is 7.27. The van der Waals surface area contributed by atoms with Crippen molar-refractivity contribution >= 4 is 66.8 Å². The topological polar surface area (TPSA) is 172 Å². The summed E-state index contributed by atoms with van der Waals surface area (Å²) in [7, 11) is 0. The summed E-state index contributed by atoms with van der Waals surface area (Å²) in [4.78, 5) is 44.2. The minimum Gasteiger partial charge on any atom is -0.463 e. The molecule has 0 radical (unpaired) electrons. The number of halogens is 3. The zero-order valence-corrected chi connectivity index (χ0v) is 35.9. The van der Waals surface area contributed by atoms with Crippen LogP contribution >= 0.6 is 22.9 Å². The van der Waals surface area contributed by atoms with E-state index in [9.17, 15) is 14.0 Å². The maximum atomic E-state index is 16.7. The number of amides is 2. The highest BCUT2D eigenvalue weighted by Crippen LogP contribution is 2.42. The Balaban J connectivity index is 0.901. The standard InChI is InChI=1S/C41H57ClF2N10O5S/c1-2-3-6-32(55)47-12-25-58-26-13-48-33(56)9-24-57-22-4-14-52-18-20-53(21-19-52)15-5-23-59-41-50-36-29(39(51-41)54-16-10-46-11-17-54)27-30(42)34(35(36)44)28-7-8-31(43)38-37(28)49-40(45)60-38/h7-8,27,46H,2-6,9-26H2,1H3,(H2,45,49)(H,47,55)(H,48,56). The molecule has 5 N–H and O–H groups in total. The summed E-state index contributed by atoms with van der Waals surface area (Å²) in [6.07, 6.45) is 4.35. The molecule has 0 unspecified atom stereocenters. The van der Waals surface area contributed by atoms with Gasteiger partial charge in [0.1, 0.15) is 17.2 Å². The molecule has 2 aliphatic heterocycles. The summed E-state index contributed by atoms with van der Waals surface area (Å²) in [6, 6.07) is 4.48. The van der Waals surface area contributed by atoms with Crippen molar-refractivity contribution in [1.29, 1.82) is 0 Å². The molecule has 0 saturated carbocycles. The normalized spacial score (nSPS) is 15.2. The third-order valence-corrected chi connectivity index (χ3v) is 11.7. The summed E-state index contributed by atoms with van der Waals surface area (Å²) in [5, 5.41) is 9.76. The molecular weight excluding hydrogens is 818 g/mol. The highest BCUT2D eigenvalue weighted by atomic mass is 35.5. The molecule has 2 aromatic heterocycles. The number of carbonyl (C=O) groups excluding carboxylic acids is 2. The molecule has 0 atom stereocenters. The number of benzene rings is 2. The molecule has 328 valence electrons. The van der Waals surface area contributed by atoms with Crippen molar-refractivity contribution < 1.29 is 32.6 Å². The predicted octanol–water partition coefficient (Wildman–Crippen LogP) is 4.45. The van der Waals surface area contributed by atoms with Crippen molar-refractivity contribution in [2.75, 3.05) is 122 Å². The van der Waals surface area contributed by atoms with Crippen LogP contribution in [0.5, 0.6) is 6.01 Å². The van der Waals surface area contributed by atoms with Gasteiger partial charge in [-0.25, -0.2) is 13.8 Å². The first kappa shape index (κ1) is 45.5. The number of carbonyl (C=O) groups is 2. The zero-order chi connectivity index (χ0) is 42.3. The second-order valence-electron chi connectivity index (χ2n) is 14.9. The van der Waals surface area contributed by atoms with E-state index in [-0.39, 0.29) is 49.3 Å². The first-order valence-electron chi connectivity index (χ1n) is 21.0. The van der Waals surface area contributed by atoms with Gasteiger partial charge in [-0.05, 0) is 37.5 Å². The lowest BCUT2D eigenvalue weighted by Crippen LogP contribution is -2.47. The van der Waals surface area contributed by atoms with Gasteiger partial charge in [-0.15, -0.1) is 0 Å². The van der Waals surface area contributed by atoms with Crippen LogP contribution in [-0.4, -0.2) is 148 Å². The lowest BCUT2D eigenvalue weighted by atomic mass is 10.0. The van der Waals surface area contributed by atoms with E-state index in [1.807, 2.05) is 0 Å². The predicted molar refractivity (Wildman–Crippen MR) is 232 cm³/mol. The highest BCUT2D eigenvalue weighted by molar-refractivity contribution is 7.22. The molecule has 4 aromatic rings. The molecule has 2 saturated heterocycles. The van der Waals surface area contributed by atoms with E-state index in [1.165, 1.54) is 12.1 Å². The Morgan fingerprint density at radius 2 is 1.52 bits per heavy atom. The fourth-order valence-corrected chi connectivity index (χ4v) is 8.33. The number of nitrogen functional groups attached to an aromatic ring is 1. The van der Waals surface area contributed by atoms with Gasteiger partial charge < -0.3 is 50.6 Å². The lowest BCUT2D eigenvalue weighted by Gasteiger charge is -2.34. The minimum absolute atomic E-state index is 0.0438. The number of hydrogen-bond acceptors (Lipinski definition) is 14. The molecule has 2 aromatic carbocycles. The zero-order valence-electron chi connectivity index (χ0n) is 34.3. The maximum absolute atomic E-state index is 16.7. The molecule has 0 aliphatic carbocycles. The van der Waals surface area contributed by atoms with Crippen LogP contribution in [0.25, 0.3) is 32.2 Å². The number of aromatic nitrogens is 3. The van der Waals surface area contributed by atoms with Crippen LogP contribution in [0.15, 0.2) is 18.2 Å². The van der Waals surface area contributed by atoms with E-state index in [1.54, 1.807) is 6.07 Å². The van der Waals surface area contributed by atoms with Crippen molar-refractivity contribution in [2.24, 2.45) is 0 Å². The molecule has 15 nitrogen and oxygen atoms in total. The number of fused-ring (bicyclic) bond motifs is 2. The number of nitrogens with one attached hydrogen (secondary N) is 3. The first-order chi connectivity index (χ1) is 29.2. The van der Waals surface area contributed by atoms with Gasteiger partial charge in [0.05, 0.1) is 41.7 Å². The number of rotatable bonds is 23. The van der Waals surface area contributed by atoms with Gasteiger partial charge in [0.25, 0.3) is 0 Å². The van der Waals surface area contributed by atoms with Crippen molar-refractivity contribution in [1.82, 2.24) is 40.7 Å². The molecule has 0 spiro atoms. The van der Waals surface area contributed by atoms with Crippen LogP contribution in [0.3, 0.4) is 0 Å². The summed E-state index contributed by atoms with van der Waals surface area (Å²) < 4.78 is 48.8. The summed E-state index contributed by atoms with van der Waals surface area (Å²) in [5.74, 6) is -0.630. The van der Waals surface area contributed by atoms with Crippen LogP contribution in [0.2, 0.25) is 5.02 Å². The van der Waals surface area contributed by atoms with E-state index < -0.39 is 11.6 Å². The van der Waals surface area contributed by atoms with Crippen molar-refractivity contribution in [3.05, 3.63) is 34.9 Å². The monoisotopic (exact) mass is 874 g/mol. The van der Waals surface area contributed by atoms with E-state index in [4.69, 9.17) is 36.5 Å². The molecule has 2 amide bonds. The fraction of sp³-hybridized carbons (Fsp3) is 0.585. The second-order valence-corrected chi connectivity index (χ2v) is 16.3. The van der Waals surface area contributed by atoms with Gasteiger partial charge in [-0.2, -0.15) is 9.97 Å². The number of unbranched alkanes of at least 4 members (excludes halogenated alkanes) is 1. The van der Waals surface area contributed by atoms with Crippen LogP contribution < -0.4 is 31.3 Å². The molecule has 19 heteroatoms. The number of piperazine rings is 2. The molecule has 2 fully saturated rings.